The highest BCUT2D eigenvalue weighted by molar-refractivity contribution is 7.92. The van der Waals surface area contributed by atoms with Crippen molar-refractivity contribution in [3.8, 4) is 0 Å². The minimum Gasteiger partial charge on any atom is -0.355 e. The Bertz CT molecular complexity index is 1380. The molecule has 0 saturated carbocycles. The highest BCUT2D eigenvalue weighted by atomic mass is 35.5. The monoisotopic (exact) mass is 555 g/mol. The van der Waals surface area contributed by atoms with E-state index in [9.17, 15) is 18.0 Å². The molecule has 3 aromatic rings. The number of hydrogen-bond donors (Lipinski definition) is 1. The van der Waals surface area contributed by atoms with Gasteiger partial charge in [0.2, 0.25) is 11.8 Å². The summed E-state index contributed by atoms with van der Waals surface area (Å²) in [5.41, 5.74) is 2.81. The molecule has 0 fully saturated rings. The molecule has 7 nitrogen and oxygen atoms in total. The average molecular weight is 556 g/mol. The van der Waals surface area contributed by atoms with Gasteiger partial charge < -0.3 is 10.2 Å². The molecule has 0 spiro atoms. The molecule has 0 aliphatic rings. The first-order valence-electron chi connectivity index (χ1n) is 12.5. The summed E-state index contributed by atoms with van der Waals surface area (Å²) in [4.78, 5) is 28.5. The summed E-state index contributed by atoms with van der Waals surface area (Å²) < 4.78 is 28.8. The van der Waals surface area contributed by atoms with Crippen molar-refractivity contribution in [1.29, 1.82) is 0 Å². The second-order valence-electron chi connectivity index (χ2n) is 9.08. The molecule has 9 heteroatoms. The lowest BCUT2D eigenvalue weighted by Crippen LogP contribution is -2.52. The van der Waals surface area contributed by atoms with E-state index in [-0.39, 0.29) is 17.3 Å². The van der Waals surface area contributed by atoms with Crippen LogP contribution in [0.25, 0.3) is 0 Å². The van der Waals surface area contributed by atoms with Crippen molar-refractivity contribution < 1.29 is 18.0 Å². The van der Waals surface area contributed by atoms with Crippen molar-refractivity contribution in [2.75, 3.05) is 17.4 Å². The highest BCUT2D eigenvalue weighted by Gasteiger charge is 2.34. The highest BCUT2D eigenvalue weighted by Crippen LogP contribution is 2.30. The van der Waals surface area contributed by atoms with E-state index < -0.39 is 28.5 Å². The van der Waals surface area contributed by atoms with Crippen LogP contribution in [0.2, 0.25) is 5.02 Å². The number of likely N-dealkylation sites (N-methyl/N-ethyl adjacent to an activating group) is 1. The first-order chi connectivity index (χ1) is 18.1. The largest absolute Gasteiger partial charge is 0.355 e. The third-order valence-electron chi connectivity index (χ3n) is 6.22. The predicted molar refractivity (Wildman–Crippen MR) is 152 cm³/mol. The number of carbonyl (C=O) groups excluding carboxylic acids is 2. The van der Waals surface area contributed by atoms with Crippen molar-refractivity contribution in [1.82, 2.24) is 10.2 Å². The maximum Gasteiger partial charge on any atom is 0.264 e. The van der Waals surface area contributed by atoms with Gasteiger partial charge in [-0.15, -0.1) is 0 Å². The summed E-state index contributed by atoms with van der Waals surface area (Å²) in [5.74, 6) is -0.782. The minimum atomic E-state index is -4.14. The first kappa shape index (κ1) is 29.2. The number of nitrogens with zero attached hydrogens (tertiary/aromatic N) is 2. The van der Waals surface area contributed by atoms with Crippen molar-refractivity contribution >= 4 is 39.1 Å². The molecule has 2 amide bonds. The molecule has 0 bridgehead atoms. The third kappa shape index (κ3) is 6.94. The maximum atomic E-state index is 14.0. The van der Waals surface area contributed by atoms with Crippen LogP contribution in [-0.2, 0) is 26.2 Å². The summed E-state index contributed by atoms with van der Waals surface area (Å²) in [6, 6.07) is 19.8. The smallest absolute Gasteiger partial charge is 0.264 e. The molecule has 0 aliphatic heterocycles. The van der Waals surface area contributed by atoms with Gasteiger partial charge in [0.15, 0.2) is 0 Å². The van der Waals surface area contributed by atoms with Gasteiger partial charge in [0.25, 0.3) is 10.0 Å². The summed E-state index contributed by atoms with van der Waals surface area (Å²) in [5, 5.41) is 3.15. The molecule has 3 rings (SSSR count). The molecule has 1 N–H and O–H groups in total. The summed E-state index contributed by atoms with van der Waals surface area (Å²) in [7, 11) is -4.14. The Balaban J connectivity index is 2.09. The molecule has 0 heterocycles. The fourth-order valence-electron chi connectivity index (χ4n) is 4.30. The molecular formula is C29H34ClN3O4S. The molecule has 3 aromatic carbocycles. The molecule has 1 atom stereocenters. The molecule has 0 aliphatic carbocycles. The van der Waals surface area contributed by atoms with Crippen LogP contribution in [0.1, 0.15) is 37.0 Å². The van der Waals surface area contributed by atoms with Crippen LogP contribution < -0.4 is 9.62 Å². The number of rotatable bonds is 11. The molecule has 0 saturated heterocycles. The lowest BCUT2D eigenvalue weighted by molar-refractivity contribution is -0.140. The fourth-order valence-corrected chi connectivity index (χ4v) is 5.96. The number of sulfonamides is 1. The molecular weight excluding hydrogens is 522 g/mol. The standard InChI is InChI=1S/C29H34ClN3O4S/c1-5-26(29(35)31-6-2)32(19-23-12-10-11-21(3)17-23)28(34)20-33(27-18-24(30)16-15-22(27)4)38(36,37)25-13-8-7-9-14-25/h7-18,26H,5-6,19-20H2,1-4H3,(H,31,35). The van der Waals surface area contributed by atoms with Gasteiger partial charge in [-0.2, -0.15) is 0 Å². The predicted octanol–water partition coefficient (Wildman–Crippen LogP) is 5.10. The van der Waals surface area contributed by atoms with Crippen molar-refractivity contribution in [2.24, 2.45) is 0 Å². The Labute approximate surface area is 230 Å². The maximum absolute atomic E-state index is 14.0. The van der Waals surface area contributed by atoms with E-state index in [4.69, 9.17) is 11.6 Å². The Morgan fingerprint density at radius 1 is 0.947 bits per heavy atom. The zero-order chi connectivity index (χ0) is 27.9. The lowest BCUT2D eigenvalue weighted by Gasteiger charge is -2.33. The van der Waals surface area contributed by atoms with E-state index in [1.807, 2.05) is 45.0 Å². The quantitative estimate of drug-likeness (QED) is 0.357. The molecule has 202 valence electrons. The van der Waals surface area contributed by atoms with E-state index >= 15 is 0 Å². The van der Waals surface area contributed by atoms with Crippen LogP contribution in [0.5, 0.6) is 0 Å². The number of anilines is 1. The fraction of sp³-hybridized carbons (Fsp3) is 0.310. The number of halogens is 1. The number of carbonyl (C=O) groups is 2. The molecule has 1 unspecified atom stereocenters. The van der Waals surface area contributed by atoms with E-state index in [1.54, 1.807) is 37.3 Å². The molecule has 38 heavy (non-hydrogen) atoms. The summed E-state index contributed by atoms with van der Waals surface area (Å²) in [6.45, 7) is 7.43. The van der Waals surface area contributed by atoms with Gasteiger partial charge in [0.05, 0.1) is 10.6 Å². The topological polar surface area (TPSA) is 86.8 Å². The number of aryl methyl sites for hydroxylation is 2. The van der Waals surface area contributed by atoms with Crippen LogP contribution in [0, 0.1) is 13.8 Å². The van der Waals surface area contributed by atoms with Crippen molar-refractivity contribution in [3.05, 3.63) is 94.5 Å². The van der Waals surface area contributed by atoms with E-state index in [0.717, 1.165) is 15.4 Å². The van der Waals surface area contributed by atoms with Crippen LogP contribution in [0.4, 0.5) is 5.69 Å². The van der Waals surface area contributed by atoms with Crippen LogP contribution in [-0.4, -0.2) is 44.3 Å². The number of amides is 2. The molecule has 0 radical (unpaired) electrons. The Morgan fingerprint density at radius 2 is 1.66 bits per heavy atom. The van der Waals surface area contributed by atoms with Gasteiger partial charge in [-0.3, -0.25) is 13.9 Å². The minimum absolute atomic E-state index is 0.0492. The van der Waals surface area contributed by atoms with Gasteiger partial charge in [-0.25, -0.2) is 8.42 Å². The molecule has 0 aromatic heterocycles. The van der Waals surface area contributed by atoms with E-state index in [1.165, 1.54) is 23.1 Å². The number of hydrogen-bond acceptors (Lipinski definition) is 4. The van der Waals surface area contributed by atoms with Gasteiger partial charge >= 0.3 is 0 Å². The Hall–Kier alpha value is -3.36. The van der Waals surface area contributed by atoms with Gasteiger partial charge in [0, 0.05) is 18.1 Å². The summed E-state index contributed by atoms with van der Waals surface area (Å²) >= 11 is 6.26. The lowest BCUT2D eigenvalue weighted by atomic mass is 10.1. The second kappa shape index (κ2) is 12.9. The zero-order valence-electron chi connectivity index (χ0n) is 22.1. The van der Waals surface area contributed by atoms with E-state index in [2.05, 4.69) is 5.32 Å². The van der Waals surface area contributed by atoms with Crippen molar-refractivity contribution in [2.45, 2.75) is 51.6 Å². The van der Waals surface area contributed by atoms with Gasteiger partial charge in [-0.1, -0.05) is 72.6 Å². The average Bonchev–Trinajstić information content (AvgIpc) is 2.89. The van der Waals surface area contributed by atoms with Crippen LogP contribution >= 0.6 is 11.6 Å². The van der Waals surface area contributed by atoms with Gasteiger partial charge in [0.1, 0.15) is 12.6 Å². The van der Waals surface area contributed by atoms with Crippen LogP contribution in [0.3, 0.4) is 0 Å². The second-order valence-corrected chi connectivity index (χ2v) is 11.4. The van der Waals surface area contributed by atoms with Crippen LogP contribution in [0.15, 0.2) is 77.7 Å². The van der Waals surface area contributed by atoms with E-state index in [0.29, 0.717) is 29.2 Å². The SMILES string of the molecule is CCNC(=O)C(CC)N(Cc1cccc(C)c1)C(=O)CN(c1cc(Cl)ccc1C)S(=O)(=O)c1ccccc1. The van der Waals surface area contributed by atoms with Crippen molar-refractivity contribution in [3.63, 3.8) is 0 Å². The Morgan fingerprint density at radius 3 is 2.29 bits per heavy atom. The zero-order valence-corrected chi connectivity index (χ0v) is 23.7. The van der Waals surface area contributed by atoms with Gasteiger partial charge in [-0.05, 0) is 62.6 Å². The number of benzene rings is 3. The Kier molecular flexibility index (Phi) is 9.94. The summed E-state index contributed by atoms with van der Waals surface area (Å²) in [6.07, 6.45) is 0.366. The third-order valence-corrected chi connectivity index (χ3v) is 8.23. The normalized spacial score (nSPS) is 12.0. The number of nitrogens with one attached hydrogen (secondary N) is 1. The first-order valence-corrected chi connectivity index (χ1v) is 14.4.